The Morgan fingerprint density at radius 2 is 2.00 bits per heavy atom. The molecule has 0 saturated heterocycles. The third-order valence-electron chi connectivity index (χ3n) is 2.60. The minimum Gasteiger partial charge on any atom is -0.395 e. The van der Waals surface area contributed by atoms with Gasteiger partial charge in [0, 0.05) is 17.6 Å². The van der Waals surface area contributed by atoms with Crippen molar-refractivity contribution in [3.05, 3.63) is 34.3 Å². The van der Waals surface area contributed by atoms with Gasteiger partial charge in [-0.05, 0) is 24.6 Å². The third-order valence-corrected chi connectivity index (χ3v) is 3.37. The Balaban J connectivity index is 2.56. The van der Waals surface area contributed by atoms with E-state index in [1.165, 1.54) is 18.4 Å². The highest BCUT2D eigenvalue weighted by Gasteiger charge is 2.06. The second-order valence-electron chi connectivity index (χ2n) is 3.94. The Kier molecular flexibility index (Phi) is 6.69. The Morgan fingerprint density at radius 3 is 2.62 bits per heavy atom. The van der Waals surface area contributed by atoms with Gasteiger partial charge in [-0.25, -0.2) is 0 Å². The molecule has 0 aromatic heterocycles. The molecule has 1 aromatic carbocycles. The third kappa shape index (κ3) is 4.64. The van der Waals surface area contributed by atoms with E-state index >= 15 is 0 Å². The SMILES string of the molecule is CCCCN(CCO)Cc1ccccc1Br. The fourth-order valence-electron chi connectivity index (χ4n) is 1.66. The van der Waals surface area contributed by atoms with E-state index in [-0.39, 0.29) is 6.61 Å². The summed E-state index contributed by atoms with van der Waals surface area (Å²) in [6.45, 7) is 5.13. The average Bonchev–Trinajstić information content (AvgIpc) is 2.29. The number of nitrogens with zero attached hydrogens (tertiary/aromatic N) is 1. The largest absolute Gasteiger partial charge is 0.395 e. The molecule has 0 aliphatic heterocycles. The van der Waals surface area contributed by atoms with Crippen LogP contribution in [0.2, 0.25) is 0 Å². The van der Waals surface area contributed by atoms with Crippen LogP contribution in [0.1, 0.15) is 25.3 Å². The van der Waals surface area contributed by atoms with Crippen molar-refractivity contribution in [2.24, 2.45) is 0 Å². The molecule has 1 N–H and O–H groups in total. The number of benzene rings is 1. The van der Waals surface area contributed by atoms with Crippen LogP contribution in [0.5, 0.6) is 0 Å². The molecule has 0 fully saturated rings. The van der Waals surface area contributed by atoms with Crippen molar-refractivity contribution in [3.8, 4) is 0 Å². The van der Waals surface area contributed by atoms with E-state index in [1.54, 1.807) is 0 Å². The zero-order valence-corrected chi connectivity index (χ0v) is 11.4. The number of rotatable bonds is 7. The van der Waals surface area contributed by atoms with Crippen LogP contribution in [0.25, 0.3) is 0 Å². The normalized spacial score (nSPS) is 11.0. The lowest BCUT2D eigenvalue weighted by atomic mass is 10.2. The summed E-state index contributed by atoms with van der Waals surface area (Å²) in [5, 5.41) is 9.03. The highest BCUT2D eigenvalue weighted by Crippen LogP contribution is 2.17. The van der Waals surface area contributed by atoms with E-state index in [9.17, 15) is 0 Å². The Hall–Kier alpha value is -0.380. The summed E-state index contributed by atoms with van der Waals surface area (Å²) in [6.07, 6.45) is 2.38. The first-order valence-corrected chi connectivity index (χ1v) is 6.63. The van der Waals surface area contributed by atoms with Crippen molar-refractivity contribution in [2.45, 2.75) is 26.3 Å². The molecule has 1 rings (SSSR count). The van der Waals surface area contributed by atoms with Gasteiger partial charge in [0.25, 0.3) is 0 Å². The van der Waals surface area contributed by atoms with Gasteiger partial charge in [0.1, 0.15) is 0 Å². The Morgan fingerprint density at radius 1 is 1.25 bits per heavy atom. The van der Waals surface area contributed by atoms with Crippen LogP contribution in [0.3, 0.4) is 0 Å². The van der Waals surface area contributed by atoms with Crippen molar-refractivity contribution in [3.63, 3.8) is 0 Å². The van der Waals surface area contributed by atoms with E-state index in [0.29, 0.717) is 0 Å². The molecule has 0 unspecified atom stereocenters. The van der Waals surface area contributed by atoms with Crippen molar-refractivity contribution in [1.82, 2.24) is 4.90 Å². The van der Waals surface area contributed by atoms with Gasteiger partial charge in [0.2, 0.25) is 0 Å². The molecule has 2 nitrogen and oxygen atoms in total. The summed E-state index contributed by atoms with van der Waals surface area (Å²) in [5.74, 6) is 0. The molecule has 0 atom stereocenters. The van der Waals surface area contributed by atoms with E-state index in [4.69, 9.17) is 5.11 Å². The van der Waals surface area contributed by atoms with E-state index in [0.717, 1.165) is 24.1 Å². The number of aliphatic hydroxyl groups is 1. The minimum atomic E-state index is 0.230. The molecule has 0 spiro atoms. The molecular weight excluding hydrogens is 266 g/mol. The summed E-state index contributed by atoms with van der Waals surface area (Å²) in [6, 6.07) is 8.26. The summed E-state index contributed by atoms with van der Waals surface area (Å²) in [7, 11) is 0. The standard InChI is InChI=1S/C13H20BrNO/c1-2-3-8-15(9-10-16)11-12-6-4-5-7-13(12)14/h4-7,16H,2-3,8-11H2,1H3. The molecule has 1 aromatic rings. The Bertz CT molecular complexity index is 304. The predicted octanol–water partition coefficient (Wildman–Crippen LogP) is 3.04. The van der Waals surface area contributed by atoms with Crippen LogP contribution >= 0.6 is 15.9 Å². The van der Waals surface area contributed by atoms with Gasteiger partial charge in [0.15, 0.2) is 0 Å². The minimum absolute atomic E-state index is 0.230. The lowest BCUT2D eigenvalue weighted by Gasteiger charge is -2.21. The molecule has 0 saturated carbocycles. The molecule has 90 valence electrons. The number of hydrogen-bond acceptors (Lipinski definition) is 2. The van der Waals surface area contributed by atoms with Crippen molar-refractivity contribution in [1.29, 1.82) is 0 Å². The average molecular weight is 286 g/mol. The molecule has 0 bridgehead atoms. The maximum absolute atomic E-state index is 9.03. The highest BCUT2D eigenvalue weighted by atomic mass is 79.9. The monoisotopic (exact) mass is 285 g/mol. The van der Waals surface area contributed by atoms with Crippen LogP contribution in [0.15, 0.2) is 28.7 Å². The summed E-state index contributed by atoms with van der Waals surface area (Å²) in [4.78, 5) is 2.30. The smallest absolute Gasteiger partial charge is 0.0558 e. The molecule has 0 radical (unpaired) electrons. The maximum Gasteiger partial charge on any atom is 0.0558 e. The van der Waals surface area contributed by atoms with Gasteiger partial charge < -0.3 is 5.11 Å². The number of aliphatic hydroxyl groups excluding tert-OH is 1. The Labute approximate surface area is 106 Å². The fourth-order valence-corrected chi connectivity index (χ4v) is 2.07. The zero-order valence-electron chi connectivity index (χ0n) is 9.82. The molecule has 16 heavy (non-hydrogen) atoms. The molecule has 0 aliphatic carbocycles. The summed E-state index contributed by atoms with van der Waals surface area (Å²) >= 11 is 3.55. The van der Waals surface area contributed by atoms with Gasteiger partial charge >= 0.3 is 0 Å². The van der Waals surface area contributed by atoms with E-state index in [1.807, 2.05) is 6.07 Å². The highest BCUT2D eigenvalue weighted by molar-refractivity contribution is 9.10. The predicted molar refractivity (Wildman–Crippen MR) is 71.4 cm³/mol. The van der Waals surface area contributed by atoms with E-state index in [2.05, 4.69) is 46.0 Å². The van der Waals surface area contributed by atoms with Crippen LogP contribution < -0.4 is 0 Å². The first-order chi connectivity index (χ1) is 7.77. The number of unbranched alkanes of at least 4 members (excludes halogenated alkanes) is 1. The van der Waals surface area contributed by atoms with Gasteiger partial charge in [-0.2, -0.15) is 0 Å². The zero-order chi connectivity index (χ0) is 11.8. The topological polar surface area (TPSA) is 23.5 Å². The summed E-state index contributed by atoms with van der Waals surface area (Å²) < 4.78 is 1.15. The molecule has 3 heteroatoms. The molecular formula is C13H20BrNO. The first kappa shape index (κ1) is 13.7. The van der Waals surface area contributed by atoms with Crippen LogP contribution in [0.4, 0.5) is 0 Å². The van der Waals surface area contributed by atoms with Crippen LogP contribution in [-0.2, 0) is 6.54 Å². The number of halogens is 1. The second-order valence-corrected chi connectivity index (χ2v) is 4.80. The van der Waals surface area contributed by atoms with E-state index < -0.39 is 0 Å². The van der Waals surface area contributed by atoms with Crippen molar-refractivity contribution in [2.75, 3.05) is 19.7 Å². The quantitative estimate of drug-likeness (QED) is 0.832. The van der Waals surface area contributed by atoms with Gasteiger partial charge in [-0.3, -0.25) is 4.90 Å². The van der Waals surface area contributed by atoms with Crippen molar-refractivity contribution < 1.29 is 5.11 Å². The van der Waals surface area contributed by atoms with Gasteiger partial charge in [-0.1, -0.05) is 47.5 Å². The van der Waals surface area contributed by atoms with Gasteiger partial charge in [0.05, 0.1) is 6.61 Å². The van der Waals surface area contributed by atoms with Gasteiger partial charge in [-0.15, -0.1) is 0 Å². The van der Waals surface area contributed by atoms with Crippen LogP contribution in [-0.4, -0.2) is 29.7 Å². The lowest BCUT2D eigenvalue weighted by molar-refractivity contribution is 0.188. The summed E-state index contributed by atoms with van der Waals surface area (Å²) in [5.41, 5.74) is 1.28. The molecule has 0 aliphatic rings. The van der Waals surface area contributed by atoms with Crippen molar-refractivity contribution >= 4 is 15.9 Å². The van der Waals surface area contributed by atoms with Crippen LogP contribution in [0, 0.1) is 0 Å². The molecule has 0 amide bonds. The number of hydrogen-bond donors (Lipinski definition) is 1. The molecule has 0 heterocycles. The maximum atomic E-state index is 9.03. The second kappa shape index (κ2) is 7.82. The first-order valence-electron chi connectivity index (χ1n) is 5.84. The lowest BCUT2D eigenvalue weighted by Crippen LogP contribution is -2.27. The fraction of sp³-hybridized carbons (Fsp3) is 0.538.